The SMILES string of the molecule is CCCCCCCCCCC[C@H](CC(N)=O)OC(=O)CCCCC. The third kappa shape index (κ3) is 15.8. The van der Waals surface area contributed by atoms with Gasteiger partial charge in [-0.05, 0) is 19.3 Å². The molecule has 0 saturated carbocycles. The molecule has 4 heteroatoms. The largest absolute Gasteiger partial charge is 0.462 e. The van der Waals surface area contributed by atoms with Crippen LogP contribution in [-0.4, -0.2) is 18.0 Å². The molecule has 0 saturated heterocycles. The van der Waals surface area contributed by atoms with Gasteiger partial charge in [-0.25, -0.2) is 0 Å². The van der Waals surface area contributed by atoms with Gasteiger partial charge in [-0.2, -0.15) is 0 Å². The van der Waals surface area contributed by atoms with Crippen LogP contribution in [0.25, 0.3) is 0 Å². The average Bonchev–Trinajstić information content (AvgIpc) is 2.53. The van der Waals surface area contributed by atoms with Crippen LogP contribution in [0.2, 0.25) is 0 Å². The Balaban J connectivity index is 3.78. The minimum atomic E-state index is -0.391. The summed E-state index contributed by atoms with van der Waals surface area (Å²) < 4.78 is 5.44. The average molecular weight is 342 g/mol. The van der Waals surface area contributed by atoms with Crippen LogP contribution in [0, 0.1) is 0 Å². The van der Waals surface area contributed by atoms with Crippen LogP contribution in [0.4, 0.5) is 0 Å². The van der Waals surface area contributed by atoms with Gasteiger partial charge in [0.15, 0.2) is 0 Å². The van der Waals surface area contributed by atoms with Gasteiger partial charge < -0.3 is 10.5 Å². The molecule has 0 spiro atoms. The second-order valence-corrected chi connectivity index (χ2v) is 6.86. The molecule has 4 nitrogen and oxygen atoms in total. The van der Waals surface area contributed by atoms with E-state index in [0.29, 0.717) is 6.42 Å². The van der Waals surface area contributed by atoms with Gasteiger partial charge in [-0.3, -0.25) is 9.59 Å². The van der Waals surface area contributed by atoms with Crippen molar-refractivity contribution in [2.75, 3.05) is 0 Å². The number of amides is 1. The Morgan fingerprint density at radius 1 is 0.792 bits per heavy atom. The third-order valence-corrected chi connectivity index (χ3v) is 4.34. The smallest absolute Gasteiger partial charge is 0.306 e. The molecule has 1 amide bonds. The minimum Gasteiger partial charge on any atom is -0.462 e. The number of unbranched alkanes of at least 4 members (excludes halogenated alkanes) is 10. The first-order chi connectivity index (χ1) is 11.6. The summed E-state index contributed by atoms with van der Waals surface area (Å²) in [7, 11) is 0. The maximum absolute atomic E-state index is 11.8. The lowest BCUT2D eigenvalue weighted by atomic mass is 10.0. The molecule has 142 valence electrons. The number of ether oxygens (including phenoxy) is 1. The van der Waals surface area contributed by atoms with Crippen LogP contribution < -0.4 is 5.73 Å². The molecule has 0 aliphatic rings. The quantitative estimate of drug-likeness (QED) is 0.289. The molecule has 0 aromatic heterocycles. The highest BCUT2D eigenvalue weighted by atomic mass is 16.5. The molecule has 0 heterocycles. The van der Waals surface area contributed by atoms with Gasteiger partial charge in [0.25, 0.3) is 0 Å². The normalized spacial score (nSPS) is 12.1. The molecule has 0 rings (SSSR count). The van der Waals surface area contributed by atoms with Crippen LogP contribution >= 0.6 is 0 Å². The summed E-state index contributed by atoms with van der Waals surface area (Å²) in [6.07, 6.45) is 15.3. The Kier molecular flexibility index (Phi) is 16.0. The monoisotopic (exact) mass is 341 g/mol. The van der Waals surface area contributed by atoms with Crippen molar-refractivity contribution >= 4 is 11.9 Å². The summed E-state index contributed by atoms with van der Waals surface area (Å²) in [6, 6.07) is 0. The molecule has 0 aliphatic carbocycles. The van der Waals surface area contributed by atoms with Gasteiger partial charge in [0.05, 0.1) is 6.42 Å². The number of nitrogens with two attached hydrogens (primary N) is 1. The molecular weight excluding hydrogens is 302 g/mol. The lowest BCUT2D eigenvalue weighted by molar-refractivity contribution is -0.150. The van der Waals surface area contributed by atoms with E-state index in [1.807, 2.05) is 0 Å². The number of hydrogen-bond donors (Lipinski definition) is 1. The van der Waals surface area contributed by atoms with Crippen molar-refractivity contribution in [1.29, 1.82) is 0 Å². The molecule has 0 unspecified atom stereocenters. The summed E-state index contributed by atoms with van der Waals surface area (Å²) in [5, 5.41) is 0. The van der Waals surface area contributed by atoms with Crippen LogP contribution in [0.1, 0.15) is 110 Å². The van der Waals surface area contributed by atoms with E-state index in [1.165, 1.54) is 44.9 Å². The molecule has 24 heavy (non-hydrogen) atoms. The van der Waals surface area contributed by atoms with Crippen LogP contribution in [0.15, 0.2) is 0 Å². The highest BCUT2D eigenvalue weighted by molar-refractivity contribution is 5.75. The van der Waals surface area contributed by atoms with Crippen molar-refractivity contribution in [3.05, 3.63) is 0 Å². The van der Waals surface area contributed by atoms with E-state index in [-0.39, 0.29) is 18.5 Å². The molecule has 0 radical (unpaired) electrons. The van der Waals surface area contributed by atoms with Crippen LogP contribution in [0.3, 0.4) is 0 Å². The standard InChI is InChI=1S/C20H39NO3/c1-3-5-7-8-9-10-11-12-14-15-18(17-19(21)22)24-20(23)16-13-6-4-2/h18H,3-17H2,1-2H3,(H2,21,22)/t18-/m1/s1. The van der Waals surface area contributed by atoms with Gasteiger partial charge in [-0.15, -0.1) is 0 Å². The second kappa shape index (κ2) is 16.8. The number of rotatable bonds is 17. The summed E-state index contributed by atoms with van der Waals surface area (Å²) in [5.74, 6) is -0.581. The predicted molar refractivity (Wildman–Crippen MR) is 99.7 cm³/mol. The summed E-state index contributed by atoms with van der Waals surface area (Å²) >= 11 is 0. The fourth-order valence-electron chi connectivity index (χ4n) is 2.87. The van der Waals surface area contributed by atoms with E-state index in [4.69, 9.17) is 10.5 Å². The van der Waals surface area contributed by atoms with Crippen molar-refractivity contribution in [2.24, 2.45) is 5.73 Å². The van der Waals surface area contributed by atoms with Crippen molar-refractivity contribution in [3.8, 4) is 0 Å². The topological polar surface area (TPSA) is 69.4 Å². The molecule has 2 N–H and O–H groups in total. The Morgan fingerprint density at radius 3 is 1.83 bits per heavy atom. The van der Waals surface area contributed by atoms with Gasteiger partial charge in [0.2, 0.25) is 5.91 Å². The van der Waals surface area contributed by atoms with E-state index in [2.05, 4.69) is 13.8 Å². The Morgan fingerprint density at radius 2 is 1.29 bits per heavy atom. The zero-order chi connectivity index (χ0) is 18.0. The second-order valence-electron chi connectivity index (χ2n) is 6.86. The Labute approximate surface area is 148 Å². The van der Waals surface area contributed by atoms with E-state index < -0.39 is 5.91 Å². The van der Waals surface area contributed by atoms with Gasteiger partial charge in [0, 0.05) is 6.42 Å². The molecule has 0 bridgehead atoms. The van der Waals surface area contributed by atoms with Crippen LogP contribution in [-0.2, 0) is 14.3 Å². The molecular formula is C20H39NO3. The third-order valence-electron chi connectivity index (χ3n) is 4.34. The fourth-order valence-corrected chi connectivity index (χ4v) is 2.87. The van der Waals surface area contributed by atoms with Crippen molar-refractivity contribution < 1.29 is 14.3 Å². The molecule has 0 aliphatic heterocycles. The highest BCUT2D eigenvalue weighted by Crippen LogP contribution is 2.15. The van der Waals surface area contributed by atoms with Crippen molar-refractivity contribution in [1.82, 2.24) is 0 Å². The first kappa shape index (κ1) is 22.9. The fraction of sp³-hybridized carbons (Fsp3) is 0.900. The Bertz CT molecular complexity index is 318. The lowest BCUT2D eigenvalue weighted by Crippen LogP contribution is -2.25. The van der Waals surface area contributed by atoms with E-state index in [9.17, 15) is 9.59 Å². The molecule has 0 aromatic carbocycles. The highest BCUT2D eigenvalue weighted by Gasteiger charge is 2.16. The summed E-state index contributed by atoms with van der Waals surface area (Å²) in [5.41, 5.74) is 5.27. The molecule has 0 fully saturated rings. The minimum absolute atomic E-state index is 0.149. The maximum atomic E-state index is 11.8. The zero-order valence-electron chi connectivity index (χ0n) is 16.0. The molecule has 1 atom stereocenters. The maximum Gasteiger partial charge on any atom is 0.306 e. The van der Waals surface area contributed by atoms with Crippen molar-refractivity contribution in [2.45, 2.75) is 116 Å². The zero-order valence-corrected chi connectivity index (χ0v) is 16.0. The first-order valence-electron chi connectivity index (χ1n) is 10.1. The first-order valence-corrected chi connectivity index (χ1v) is 10.1. The lowest BCUT2D eigenvalue weighted by Gasteiger charge is -2.16. The van der Waals surface area contributed by atoms with E-state index in [0.717, 1.165) is 38.5 Å². The summed E-state index contributed by atoms with van der Waals surface area (Å²) in [4.78, 5) is 22.9. The van der Waals surface area contributed by atoms with Gasteiger partial charge in [0.1, 0.15) is 6.10 Å². The summed E-state index contributed by atoms with van der Waals surface area (Å²) in [6.45, 7) is 4.34. The van der Waals surface area contributed by atoms with Crippen LogP contribution in [0.5, 0.6) is 0 Å². The van der Waals surface area contributed by atoms with E-state index >= 15 is 0 Å². The number of carbonyl (C=O) groups is 2. The van der Waals surface area contributed by atoms with Gasteiger partial charge in [-0.1, -0.05) is 78.1 Å². The number of esters is 1. The number of primary amides is 1. The van der Waals surface area contributed by atoms with E-state index in [1.54, 1.807) is 0 Å². The number of carbonyl (C=O) groups excluding carboxylic acids is 2. The number of hydrogen-bond acceptors (Lipinski definition) is 3. The van der Waals surface area contributed by atoms with Gasteiger partial charge >= 0.3 is 5.97 Å². The predicted octanol–water partition coefficient (Wildman–Crippen LogP) is 5.27. The molecule has 0 aromatic rings. The Hall–Kier alpha value is -1.06. The van der Waals surface area contributed by atoms with Crippen molar-refractivity contribution in [3.63, 3.8) is 0 Å².